The molecule has 0 radical (unpaired) electrons. The highest BCUT2D eigenvalue weighted by Crippen LogP contribution is 2.32. The van der Waals surface area contributed by atoms with Crippen molar-refractivity contribution in [2.45, 2.75) is 38.6 Å². The summed E-state index contributed by atoms with van der Waals surface area (Å²) >= 11 is 0. The van der Waals surface area contributed by atoms with Crippen molar-refractivity contribution in [1.82, 2.24) is 5.32 Å². The van der Waals surface area contributed by atoms with Gasteiger partial charge in [0.1, 0.15) is 5.75 Å². The van der Waals surface area contributed by atoms with Crippen molar-refractivity contribution in [2.75, 3.05) is 13.7 Å². The lowest BCUT2D eigenvalue weighted by atomic mass is 10.0. The molecule has 2 rings (SSSR count). The Morgan fingerprint density at radius 2 is 2.05 bits per heavy atom. The van der Waals surface area contributed by atoms with E-state index in [-0.39, 0.29) is 5.91 Å². The number of methoxy groups -OCH3 is 1. The minimum atomic E-state index is -0.579. The van der Waals surface area contributed by atoms with Crippen LogP contribution in [0.5, 0.6) is 5.75 Å². The summed E-state index contributed by atoms with van der Waals surface area (Å²) in [6.45, 7) is 4.72. The molecule has 1 fully saturated rings. The maximum absolute atomic E-state index is 11.7. The molecule has 0 heterocycles. The van der Waals surface area contributed by atoms with Gasteiger partial charge in [0.2, 0.25) is 5.91 Å². The monoisotopic (exact) mass is 262 g/mol. The molecule has 0 unspecified atom stereocenters. The molecule has 0 aliphatic heterocycles. The SMILES string of the molecule is COc1cc(C)c(CCNC(=O)C2(N)CC2)cc1C. The number of amides is 1. The van der Waals surface area contributed by atoms with Gasteiger partial charge in [0, 0.05) is 6.54 Å². The third-order valence-corrected chi connectivity index (χ3v) is 3.77. The number of hydrogen-bond donors (Lipinski definition) is 2. The maximum Gasteiger partial charge on any atom is 0.240 e. The predicted molar refractivity (Wildman–Crippen MR) is 75.3 cm³/mol. The van der Waals surface area contributed by atoms with Crippen LogP contribution in [0.2, 0.25) is 0 Å². The molecule has 0 aromatic heterocycles. The van der Waals surface area contributed by atoms with E-state index < -0.39 is 5.54 Å². The lowest BCUT2D eigenvalue weighted by Crippen LogP contribution is -2.43. The first-order valence-electron chi connectivity index (χ1n) is 6.67. The Balaban J connectivity index is 1.92. The zero-order valence-electron chi connectivity index (χ0n) is 11.9. The molecule has 19 heavy (non-hydrogen) atoms. The molecule has 4 heteroatoms. The number of carbonyl (C=O) groups excluding carboxylic acids is 1. The average molecular weight is 262 g/mol. The quantitative estimate of drug-likeness (QED) is 0.844. The summed E-state index contributed by atoms with van der Waals surface area (Å²) < 4.78 is 5.29. The van der Waals surface area contributed by atoms with Crippen LogP contribution >= 0.6 is 0 Å². The summed E-state index contributed by atoms with van der Waals surface area (Å²) in [6, 6.07) is 4.16. The maximum atomic E-state index is 11.7. The van der Waals surface area contributed by atoms with Crippen molar-refractivity contribution in [2.24, 2.45) is 5.73 Å². The van der Waals surface area contributed by atoms with Gasteiger partial charge >= 0.3 is 0 Å². The Kier molecular flexibility index (Phi) is 3.80. The Hall–Kier alpha value is -1.55. The first-order chi connectivity index (χ1) is 8.96. The normalized spacial score (nSPS) is 16.0. The number of carbonyl (C=O) groups is 1. The van der Waals surface area contributed by atoms with E-state index in [9.17, 15) is 4.79 Å². The van der Waals surface area contributed by atoms with Crippen LogP contribution in [0.15, 0.2) is 12.1 Å². The van der Waals surface area contributed by atoms with Crippen molar-refractivity contribution in [3.63, 3.8) is 0 Å². The van der Waals surface area contributed by atoms with E-state index in [4.69, 9.17) is 10.5 Å². The first-order valence-corrected chi connectivity index (χ1v) is 6.67. The van der Waals surface area contributed by atoms with Gasteiger partial charge in [-0.15, -0.1) is 0 Å². The van der Waals surface area contributed by atoms with Crippen LogP contribution in [0.3, 0.4) is 0 Å². The predicted octanol–water partition coefficient (Wildman–Crippen LogP) is 1.46. The first kappa shape index (κ1) is 13.9. The fraction of sp³-hybridized carbons (Fsp3) is 0.533. The molecule has 1 saturated carbocycles. The van der Waals surface area contributed by atoms with Crippen LogP contribution in [0.1, 0.15) is 29.5 Å². The Bertz CT molecular complexity index is 493. The van der Waals surface area contributed by atoms with Gasteiger partial charge in [0.25, 0.3) is 0 Å². The topological polar surface area (TPSA) is 64.3 Å². The van der Waals surface area contributed by atoms with Crippen LogP contribution in [-0.4, -0.2) is 25.1 Å². The van der Waals surface area contributed by atoms with Crippen molar-refractivity contribution < 1.29 is 9.53 Å². The molecule has 0 bridgehead atoms. The van der Waals surface area contributed by atoms with E-state index in [1.165, 1.54) is 11.1 Å². The molecule has 1 aliphatic carbocycles. The molecule has 104 valence electrons. The average Bonchev–Trinajstić information content (AvgIpc) is 3.12. The van der Waals surface area contributed by atoms with Crippen molar-refractivity contribution in [3.05, 3.63) is 28.8 Å². The standard InChI is InChI=1S/C15H22N2O2/c1-10-9-13(19-3)11(2)8-12(10)4-7-17-14(18)15(16)5-6-15/h8-9H,4-7,16H2,1-3H3,(H,17,18). The van der Waals surface area contributed by atoms with Crippen LogP contribution in [0.4, 0.5) is 0 Å². The molecular weight excluding hydrogens is 240 g/mol. The van der Waals surface area contributed by atoms with Gasteiger partial charge in [-0.2, -0.15) is 0 Å². The number of ether oxygens (including phenoxy) is 1. The summed E-state index contributed by atoms with van der Waals surface area (Å²) in [5.74, 6) is 0.888. The number of nitrogens with one attached hydrogen (secondary N) is 1. The lowest BCUT2D eigenvalue weighted by molar-refractivity contribution is -0.123. The van der Waals surface area contributed by atoms with Gasteiger partial charge in [0.15, 0.2) is 0 Å². The van der Waals surface area contributed by atoms with Crippen molar-refractivity contribution in [1.29, 1.82) is 0 Å². The molecule has 0 saturated heterocycles. The second-order valence-electron chi connectivity index (χ2n) is 5.41. The Morgan fingerprint density at radius 3 is 2.63 bits per heavy atom. The minimum absolute atomic E-state index is 0.0182. The molecular formula is C15H22N2O2. The van der Waals surface area contributed by atoms with Gasteiger partial charge in [-0.3, -0.25) is 4.79 Å². The van der Waals surface area contributed by atoms with Gasteiger partial charge in [-0.1, -0.05) is 6.07 Å². The van der Waals surface area contributed by atoms with Crippen molar-refractivity contribution in [3.8, 4) is 5.75 Å². The Labute approximate surface area is 114 Å². The van der Waals surface area contributed by atoms with E-state index in [0.717, 1.165) is 30.6 Å². The molecule has 1 amide bonds. The fourth-order valence-electron chi connectivity index (χ4n) is 2.19. The van der Waals surface area contributed by atoms with Crippen molar-refractivity contribution >= 4 is 5.91 Å². The fourth-order valence-corrected chi connectivity index (χ4v) is 2.19. The van der Waals surface area contributed by atoms with Crippen LogP contribution in [-0.2, 0) is 11.2 Å². The summed E-state index contributed by atoms with van der Waals surface area (Å²) in [4.78, 5) is 11.7. The van der Waals surface area contributed by atoms with E-state index in [0.29, 0.717) is 6.54 Å². The van der Waals surface area contributed by atoms with Crippen LogP contribution < -0.4 is 15.8 Å². The molecule has 1 aromatic rings. The van der Waals surface area contributed by atoms with E-state index >= 15 is 0 Å². The summed E-state index contributed by atoms with van der Waals surface area (Å²) in [7, 11) is 1.68. The molecule has 1 aromatic carbocycles. The summed E-state index contributed by atoms with van der Waals surface area (Å²) in [5, 5.41) is 2.91. The van der Waals surface area contributed by atoms with Gasteiger partial charge in [0.05, 0.1) is 12.6 Å². The van der Waals surface area contributed by atoms with E-state index in [1.807, 2.05) is 13.0 Å². The Morgan fingerprint density at radius 1 is 1.37 bits per heavy atom. The molecule has 4 nitrogen and oxygen atoms in total. The highest BCUT2D eigenvalue weighted by Gasteiger charge is 2.45. The van der Waals surface area contributed by atoms with E-state index in [1.54, 1.807) is 7.11 Å². The third-order valence-electron chi connectivity index (χ3n) is 3.77. The second-order valence-corrected chi connectivity index (χ2v) is 5.41. The molecule has 1 aliphatic rings. The number of nitrogens with two attached hydrogens (primary N) is 1. The highest BCUT2D eigenvalue weighted by molar-refractivity contribution is 5.88. The van der Waals surface area contributed by atoms with Gasteiger partial charge < -0.3 is 15.8 Å². The number of benzene rings is 1. The molecule has 0 atom stereocenters. The third kappa shape index (κ3) is 3.07. The minimum Gasteiger partial charge on any atom is -0.496 e. The lowest BCUT2D eigenvalue weighted by Gasteiger charge is -2.13. The second kappa shape index (κ2) is 5.21. The zero-order valence-corrected chi connectivity index (χ0v) is 11.9. The summed E-state index contributed by atoms with van der Waals surface area (Å²) in [5.41, 5.74) is 8.79. The van der Waals surface area contributed by atoms with Gasteiger partial charge in [-0.25, -0.2) is 0 Å². The number of rotatable bonds is 5. The number of aryl methyl sites for hydroxylation is 2. The van der Waals surface area contributed by atoms with E-state index in [2.05, 4.69) is 18.3 Å². The smallest absolute Gasteiger partial charge is 0.240 e. The zero-order chi connectivity index (χ0) is 14.0. The highest BCUT2D eigenvalue weighted by atomic mass is 16.5. The van der Waals surface area contributed by atoms with Crippen LogP contribution in [0, 0.1) is 13.8 Å². The van der Waals surface area contributed by atoms with Crippen LogP contribution in [0.25, 0.3) is 0 Å². The van der Waals surface area contributed by atoms with Gasteiger partial charge in [-0.05, 0) is 55.9 Å². The largest absolute Gasteiger partial charge is 0.496 e. The molecule has 3 N–H and O–H groups in total. The number of hydrogen-bond acceptors (Lipinski definition) is 3. The summed E-state index contributed by atoms with van der Waals surface area (Å²) in [6.07, 6.45) is 2.43. The molecule has 0 spiro atoms.